The predicted molar refractivity (Wildman–Crippen MR) is 77.1 cm³/mol. The lowest BCUT2D eigenvalue weighted by Crippen LogP contribution is -2.15. The van der Waals surface area contributed by atoms with Crippen molar-refractivity contribution >= 4 is 11.9 Å². The Balaban J connectivity index is 1.65. The van der Waals surface area contributed by atoms with E-state index in [2.05, 4.69) is 30.5 Å². The number of amides is 1. The lowest BCUT2D eigenvalue weighted by Gasteiger charge is -2.06. The van der Waals surface area contributed by atoms with Crippen molar-refractivity contribution in [2.75, 3.05) is 5.32 Å². The molecule has 110 valence electrons. The van der Waals surface area contributed by atoms with E-state index in [4.69, 9.17) is 4.74 Å². The van der Waals surface area contributed by atoms with Crippen molar-refractivity contribution in [2.24, 2.45) is 0 Å². The van der Waals surface area contributed by atoms with Crippen molar-refractivity contribution < 1.29 is 9.53 Å². The second kappa shape index (κ2) is 6.44. The number of anilines is 1. The SMILES string of the molecule is O=C(Nc1ncn[nH]1)c1cc(OCc2ccccc2)ncn1. The van der Waals surface area contributed by atoms with Gasteiger partial charge in [0.25, 0.3) is 5.91 Å². The van der Waals surface area contributed by atoms with Crippen LogP contribution in [0.25, 0.3) is 0 Å². The minimum Gasteiger partial charge on any atom is -0.473 e. The number of ether oxygens (including phenoxy) is 1. The summed E-state index contributed by atoms with van der Waals surface area (Å²) in [6.45, 7) is 0.362. The van der Waals surface area contributed by atoms with Gasteiger partial charge in [-0.25, -0.2) is 15.1 Å². The van der Waals surface area contributed by atoms with Crippen LogP contribution in [0.4, 0.5) is 5.95 Å². The number of nitrogens with zero attached hydrogens (tertiary/aromatic N) is 4. The van der Waals surface area contributed by atoms with Crippen molar-refractivity contribution in [1.82, 2.24) is 25.1 Å². The molecule has 0 radical (unpaired) electrons. The number of benzene rings is 1. The van der Waals surface area contributed by atoms with Gasteiger partial charge in [-0.1, -0.05) is 30.3 Å². The summed E-state index contributed by atoms with van der Waals surface area (Å²) < 4.78 is 5.55. The highest BCUT2D eigenvalue weighted by atomic mass is 16.5. The molecule has 8 nitrogen and oxygen atoms in total. The van der Waals surface area contributed by atoms with E-state index < -0.39 is 5.91 Å². The molecule has 0 unspecified atom stereocenters. The Kier molecular flexibility index (Phi) is 4.01. The lowest BCUT2D eigenvalue weighted by molar-refractivity contribution is 0.102. The van der Waals surface area contributed by atoms with E-state index in [1.165, 1.54) is 18.7 Å². The Morgan fingerprint density at radius 1 is 1.14 bits per heavy atom. The Hall–Kier alpha value is -3.29. The first-order valence-corrected chi connectivity index (χ1v) is 6.47. The van der Waals surface area contributed by atoms with Crippen molar-refractivity contribution in [3.63, 3.8) is 0 Å². The third-order valence-corrected chi connectivity index (χ3v) is 2.75. The molecule has 3 aromatic rings. The van der Waals surface area contributed by atoms with Gasteiger partial charge < -0.3 is 4.74 Å². The van der Waals surface area contributed by atoms with E-state index in [0.29, 0.717) is 12.5 Å². The van der Waals surface area contributed by atoms with Crippen molar-refractivity contribution in [1.29, 1.82) is 0 Å². The summed E-state index contributed by atoms with van der Waals surface area (Å²) in [6, 6.07) is 11.1. The van der Waals surface area contributed by atoms with Gasteiger partial charge in [-0.2, -0.15) is 10.1 Å². The van der Waals surface area contributed by atoms with Crippen LogP contribution >= 0.6 is 0 Å². The molecular weight excluding hydrogens is 284 g/mol. The second-order valence-electron chi connectivity index (χ2n) is 4.30. The van der Waals surface area contributed by atoms with Gasteiger partial charge in [0.15, 0.2) is 0 Å². The van der Waals surface area contributed by atoms with Gasteiger partial charge in [-0.15, -0.1) is 0 Å². The molecule has 0 spiro atoms. The van der Waals surface area contributed by atoms with Gasteiger partial charge in [0.2, 0.25) is 11.8 Å². The highest BCUT2D eigenvalue weighted by Gasteiger charge is 2.11. The first kappa shape index (κ1) is 13.7. The summed E-state index contributed by atoms with van der Waals surface area (Å²) in [5.74, 6) is 0.139. The van der Waals surface area contributed by atoms with Crippen molar-refractivity contribution in [3.05, 3.63) is 60.3 Å². The summed E-state index contributed by atoms with van der Waals surface area (Å²) >= 11 is 0. The molecule has 0 aliphatic carbocycles. The van der Waals surface area contributed by atoms with Gasteiger partial charge in [-0.05, 0) is 5.56 Å². The molecule has 1 aromatic carbocycles. The molecule has 2 aromatic heterocycles. The van der Waals surface area contributed by atoms with Gasteiger partial charge in [-0.3, -0.25) is 10.1 Å². The minimum atomic E-state index is -0.427. The van der Waals surface area contributed by atoms with E-state index in [1.807, 2.05) is 30.3 Å². The van der Waals surface area contributed by atoms with E-state index in [-0.39, 0.29) is 11.6 Å². The highest BCUT2D eigenvalue weighted by molar-refractivity contribution is 6.01. The van der Waals surface area contributed by atoms with E-state index in [0.717, 1.165) is 5.56 Å². The Bertz CT molecular complexity index is 745. The fourth-order valence-corrected chi connectivity index (χ4v) is 1.71. The van der Waals surface area contributed by atoms with Crippen LogP contribution in [-0.4, -0.2) is 31.1 Å². The monoisotopic (exact) mass is 296 g/mol. The second-order valence-corrected chi connectivity index (χ2v) is 4.30. The first-order chi connectivity index (χ1) is 10.8. The molecule has 3 rings (SSSR count). The average molecular weight is 296 g/mol. The van der Waals surface area contributed by atoms with Crippen molar-refractivity contribution in [3.8, 4) is 5.88 Å². The third kappa shape index (κ3) is 3.42. The van der Waals surface area contributed by atoms with Gasteiger partial charge in [0.1, 0.15) is 25.0 Å². The standard InChI is InChI=1S/C14H12N6O2/c21-13(19-14-17-9-18-20-14)11-6-12(16-8-15-11)22-7-10-4-2-1-3-5-10/h1-6,8-9H,7H2,(H2,17,18,19,20,21). The molecular formula is C14H12N6O2. The average Bonchev–Trinajstić information content (AvgIpc) is 3.07. The Morgan fingerprint density at radius 3 is 2.77 bits per heavy atom. The lowest BCUT2D eigenvalue weighted by atomic mass is 10.2. The number of H-pyrrole nitrogens is 1. The van der Waals surface area contributed by atoms with E-state index in [9.17, 15) is 4.79 Å². The van der Waals surface area contributed by atoms with Crippen LogP contribution in [0.3, 0.4) is 0 Å². The Morgan fingerprint density at radius 2 is 2.00 bits per heavy atom. The number of aromatic amines is 1. The largest absolute Gasteiger partial charge is 0.473 e. The molecule has 22 heavy (non-hydrogen) atoms. The van der Waals surface area contributed by atoms with Crippen LogP contribution < -0.4 is 10.1 Å². The number of carbonyl (C=O) groups excluding carboxylic acids is 1. The Labute approximate surface area is 125 Å². The van der Waals surface area contributed by atoms with Crippen LogP contribution in [0.5, 0.6) is 5.88 Å². The maximum atomic E-state index is 12.0. The molecule has 0 atom stereocenters. The molecule has 2 heterocycles. The number of rotatable bonds is 5. The van der Waals surface area contributed by atoms with Gasteiger partial charge in [0, 0.05) is 6.07 Å². The molecule has 8 heteroatoms. The zero-order valence-electron chi connectivity index (χ0n) is 11.4. The fourth-order valence-electron chi connectivity index (χ4n) is 1.71. The summed E-state index contributed by atoms with van der Waals surface area (Å²) in [5.41, 5.74) is 1.18. The maximum absolute atomic E-state index is 12.0. The number of nitrogens with one attached hydrogen (secondary N) is 2. The molecule has 0 aliphatic heterocycles. The fraction of sp³-hybridized carbons (Fsp3) is 0.0714. The number of carbonyl (C=O) groups is 1. The topological polar surface area (TPSA) is 106 Å². The molecule has 0 saturated carbocycles. The quantitative estimate of drug-likeness (QED) is 0.737. The normalized spacial score (nSPS) is 10.2. The molecule has 0 bridgehead atoms. The zero-order chi connectivity index (χ0) is 15.2. The number of hydrogen-bond donors (Lipinski definition) is 2. The van der Waals surface area contributed by atoms with Crippen LogP contribution in [-0.2, 0) is 6.61 Å². The smallest absolute Gasteiger partial charge is 0.276 e. The van der Waals surface area contributed by atoms with Gasteiger partial charge in [0.05, 0.1) is 0 Å². The van der Waals surface area contributed by atoms with E-state index in [1.54, 1.807) is 0 Å². The minimum absolute atomic E-state index is 0.175. The summed E-state index contributed by atoms with van der Waals surface area (Å²) in [4.78, 5) is 23.7. The molecule has 2 N–H and O–H groups in total. The number of hydrogen-bond acceptors (Lipinski definition) is 6. The van der Waals surface area contributed by atoms with E-state index >= 15 is 0 Å². The summed E-state index contributed by atoms with van der Waals surface area (Å²) in [7, 11) is 0. The molecule has 0 aliphatic rings. The zero-order valence-corrected chi connectivity index (χ0v) is 11.4. The van der Waals surface area contributed by atoms with Gasteiger partial charge >= 0.3 is 0 Å². The van der Waals surface area contributed by atoms with Crippen LogP contribution in [0.15, 0.2) is 49.1 Å². The van der Waals surface area contributed by atoms with Crippen molar-refractivity contribution in [2.45, 2.75) is 6.61 Å². The summed E-state index contributed by atoms with van der Waals surface area (Å²) in [6.07, 6.45) is 2.57. The molecule has 0 fully saturated rings. The first-order valence-electron chi connectivity index (χ1n) is 6.47. The molecule has 1 amide bonds. The maximum Gasteiger partial charge on any atom is 0.276 e. The molecule has 0 saturated heterocycles. The van der Waals surface area contributed by atoms with Crippen LogP contribution in [0.2, 0.25) is 0 Å². The predicted octanol–water partition coefficient (Wildman–Crippen LogP) is 1.43. The summed E-state index contributed by atoms with van der Waals surface area (Å²) in [5, 5.41) is 8.70. The van der Waals surface area contributed by atoms with Crippen LogP contribution in [0.1, 0.15) is 16.1 Å². The third-order valence-electron chi connectivity index (χ3n) is 2.75. The van der Waals surface area contributed by atoms with Crippen LogP contribution in [0, 0.1) is 0 Å². The highest BCUT2D eigenvalue weighted by Crippen LogP contribution is 2.11. The number of aromatic nitrogens is 5.